The monoisotopic (exact) mass is 237 g/mol. The van der Waals surface area contributed by atoms with Crippen LogP contribution in [-0.2, 0) is 11.8 Å². The maximum atomic E-state index is 12.3. The van der Waals surface area contributed by atoms with Crippen LogP contribution in [0.3, 0.4) is 0 Å². The molecule has 0 saturated heterocycles. The highest BCUT2D eigenvalue weighted by molar-refractivity contribution is 5.08. The average Bonchev–Trinajstić information content (AvgIpc) is 2.59. The van der Waals surface area contributed by atoms with Crippen LogP contribution in [-0.4, -0.2) is 28.6 Å². The Morgan fingerprint density at radius 1 is 1.56 bits per heavy atom. The third kappa shape index (κ3) is 3.21. The maximum Gasteiger partial charge on any atom is 0.414 e. The molecule has 2 N–H and O–H groups in total. The number of hydrogen-bond acceptors (Lipinski definition) is 3. The number of hydrogen-bond donors (Lipinski definition) is 1. The molecule has 1 aromatic heterocycles. The van der Waals surface area contributed by atoms with Gasteiger partial charge in [0.1, 0.15) is 0 Å². The predicted octanol–water partition coefficient (Wildman–Crippen LogP) is 1.39. The smallest absolute Gasteiger partial charge is 0.360 e. The molecule has 0 saturated carbocycles. The first kappa shape index (κ1) is 13.0. The Balaban J connectivity index is 2.70. The number of ether oxygens (including phenoxy) is 1. The van der Waals surface area contributed by atoms with E-state index in [2.05, 4.69) is 5.10 Å². The summed E-state index contributed by atoms with van der Waals surface area (Å²) < 4.78 is 43.2. The van der Waals surface area contributed by atoms with Crippen molar-refractivity contribution in [2.24, 2.45) is 12.8 Å². The van der Waals surface area contributed by atoms with Gasteiger partial charge < -0.3 is 10.5 Å². The quantitative estimate of drug-likeness (QED) is 0.860. The van der Waals surface area contributed by atoms with E-state index in [1.54, 1.807) is 13.2 Å². The fourth-order valence-corrected chi connectivity index (χ4v) is 1.20. The van der Waals surface area contributed by atoms with Crippen molar-refractivity contribution in [3.63, 3.8) is 0 Å². The molecule has 0 spiro atoms. The molecule has 2 unspecified atom stereocenters. The number of aryl methyl sites for hydroxylation is 1. The Bertz CT molecular complexity index is 337. The number of nitrogens with two attached hydrogens (primary N) is 1. The third-order valence-corrected chi connectivity index (χ3v) is 2.14. The molecular formula is C9H14F3N3O. The number of halogens is 3. The topological polar surface area (TPSA) is 53.1 Å². The van der Waals surface area contributed by atoms with Crippen LogP contribution in [0, 0.1) is 0 Å². The molecule has 0 amide bonds. The van der Waals surface area contributed by atoms with Gasteiger partial charge in [0.25, 0.3) is 0 Å². The van der Waals surface area contributed by atoms with Gasteiger partial charge in [0.2, 0.25) is 0 Å². The minimum absolute atomic E-state index is 0.0217. The van der Waals surface area contributed by atoms with E-state index in [4.69, 9.17) is 10.5 Å². The molecule has 1 heterocycles. The van der Waals surface area contributed by atoms with Gasteiger partial charge in [0.05, 0.1) is 12.3 Å². The lowest BCUT2D eigenvalue weighted by molar-refractivity contribution is -0.226. The van der Waals surface area contributed by atoms with E-state index in [0.29, 0.717) is 5.56 Å². The first-order valence-corrected chi connectivity index (χ1v) is 4.75. The minimum atomic E-state index is -4.38. The molecule has 0 aromatic carbocycles. The van der Waals surface area contributed by atoms with Gasteiger partial charge in [-0.05, 0) is 6.92 Å². The molecule has 0 bridgehead atoms. The van der Waals surface area contributed by atoms with E-state index in [1.807, 2.05) is 0 Å². The summed E-state index contributed by atoms with van der Waals surface area (Å²) in [5.41, 5.74) is 5.92. The number of nitrogens with zero attached hydrogens (tertiary/aromatic N) is 2. The van der Waals surface area contributed by atoms with Crippen LogP contribution in [0.2, 0.25) is 0 Å². The lowest BCUT2D eigenvalue weighted by atomic mass is 10.2. The summed E-state index contributed by atoms with van der Waals surface area (Å²) in [6.07, 6.45) is -3.98. The SMILES string of the molecule is CC(OC(CN)c1cnn(C)c1)C(F)(F)F. The Morgan fingerprint density at radius 2 is 2.19 bits per heavy atom. The lowest BCUT2D eigenvalue weighted by Crippen LogP contribution is -2.32. The van der Waals surface area contributed by atoms with Crippen molar-refractivity contribution in [3.8, 4) is 0 Å². The van der Waals surface area contributed by atoms with Gasteiger partial charge in [-0.2, -0.15) is 18.3 Å². The number of aromatic nitrogens is 2. The van der Waals surface area contributed by atoms with Gasteiger partial charge in [0, 0.05) is 25.4 Å². The Kier molecular flexibility index (Phi) is 3.93. The highest BCUT2D eigenvalue weighted by atomic mass is 19.4. The molecule has 0 radical (unpaired) electrons. The van der Waals surface area contributed by atoms with Crippen molar-refractivity contribution in [2.45, 2.75) is 25.3 Å². The fourth-order valence-electron chi connectivity index (χ4n) is 1.20. The maximum absolute atomic E-state index is 12.3. The molecule has 1 rings (SSSR count). The molecule has 2 atom stereocenters. The van der Waals surface area contributed by atoms with Gasteiger partial charge in [0.15, 0.2) is 6.10 Å². The van der Waals surface area contributed by atoms with Gasteiger partial charge in [-0.25, -0.2) is 0 Å². The molecule has 0 fully saturated rings. The van der Waals surface area contributed by atoms with Crippen LogP contribution in [0.1, 0.15) is 18.6 Å². The van der Waals surface area contributed by atoms with Crippen molar-refractivity contribution in [1.29, 1.82) is 0 Å². The third-order valence-electron chi connectivity index (χ3n) is 2.14. The summed E-state index contributed by atoms with van der Waals surface area (Å²) in [7, 11) is 1.67. The first-order valence-electron chi connectivity index (χ1n) is 4.75. The molecule has 92 valence electrons. The van der Waals surface area contributed by atoms with Crippen molar-refractivity contribution in [3.05, 3.63) is 18.0 Å². The van der Waals surface area contributed by atoms with E-state index >= 15 is 0 Å². The zero-order valence-corrected chi connectivity index (χ0v) is 9.03. The van der Waals surface area contributed by atoms with Crippen molar-refractivity contribution >= 4 is 0 Å². The molecule has 0 aliphatic heterocycles. The van der Waals surface area contributed by atoms with Gasteiger partial charge in [-0.15, -0.1) is 0 Å². The van der Waals surface area contributed by atoms with Crippen LogP contribution in [0.5, 0.6) is 0 Å². The number of alkyl halides is 3. The largest absolute Gasteiger partial charge is 0.414 e. The second-order valence-corrected chi connectivity index (χ2v) is 3.49. The Morgan fingerprint density at radius 3 is 2.56 bits per heavy atom. The highest BCUT2D eigenvalue weighted by Crippen LogP contribution is 2.27. The molecule has 0 aliphatic carbocycles. The molecular weight excluding hydrogens is 223 g/mol. The normalized spacial score (nSPS) is 16.1. The summed E-state index contributed by atoms with van der Waals surface area (Å²) in [5, 5.41) is 3.85. The second kappa shape index (κ2) is 4.84. The van der Waals surface area contributed by atoms with E-state index in [1.165, 1.54) is 10.9 Å². The van der Waals surface area contributed by atoms with E-state index in [0.717, 1.165) is 6.92 Å². The average molecular weight is 237 g/mol. The Labute approximate surface area is 91.2 Å². The lowest BCUT2D eigenvalue weighted by Gasteiger charge is -2.22. The van der Waals surface area contributed by atoms with Gasteiger partial charge in [-0.1, -0.05) is 0 Å². The minimum Gasteiger partial charge on any atom is -0.360 e. The van der Waals surface area contributed by atoms with Crippen LogP contribution in [0.15, 0.2) is 12.4 Å². The zero-order valence-electron chi connectivity index (χ0n) is 9.03. The fraction of sp³-hybridized carbons (Fsp3) is 0.667. The van der Waals surface area contributed by atoms with Gasteiger partial charge >= 0.3 is 6.18 Å². The van der Waals surface area contributed by atoms with Gasteiger partial charge in [-0.3, -0.25) is 4.68 Å². The Hall–Kier alpha value is -1.08. The van der Waals surface area contributed by atoms with Crippen molar-refractivity contribution < 1.29 is 17.9 Å². The summed E-state index contributed by atoms with van der Waals surface area (Å²) in [5.74, 6) is 0. The molecule has 1 aromatic rings. The van der Waals surface area contributed by atoms with Crippen LogP contribution < -0.4 is 5.73 Å². The van der Waals surface area contributed by atoms with Crippen LogP contribution in [0.25, 0.3) is 0 Å². The summed E-state index contributed by atoms with van der Waals surface area (Å²) in [6, 6.07) is 0. The summed E-state index contributed by atoms with van der Waals surface area (Å²) in [4.78, 5) is 0. The van der Waals surface area contributed by atoms with Crippen molar-refractivity contribution in [1.82, 2.24) is 9.78 Å². The zero-order chi connectivity index (χ0) is 12.3. The van der Waals surface area contributed by atoms with E-state index in [9.17, 15) is 13.2 Å². The van der Waals surface area contributed by atoms with Crippen LogP contribution in [0.4, 0.5) is 13.2 Å². The standard InChI is InChI=1S/C9H14F3N3O/c1-6(9(10,11)12)16-8(3-13)7-4-14-15(2)5-7/h4-6,8H,3,13H2,1-2H3. The summed E-state index contributed by atoms with van der Waals surface area (Å²) >= 11 is 0. The molecule has 16 heavy (non-hydrogen) atoms. The summed E-state index contributed by atoms with van der Waals surface area (Å²) in [6.45, 7) is 0.936. The molecule has 4 nitrogen and oxygen atoms in total. The second-order valence-electron chi connectivity index (χ2n) is 3.49. The van der Waals surface area contributed by atoms with Crippen molar-refractivity contribution in [2.75, 3.05) is 6.54 Å². The van der Waals surface area contributed by atoms with E-state index in [-0.39, 0.29) is 6.54 Å². The molecule has 7 heteroatoms. The van der Waals surface area contributed by atoms with E-state index < -0.39 is 18.4 Å². The first-order chi connectivity index (χ1) is 7.34. The predicted molar refractivity (Wildman–Crippen MR) is 51.6 cm³/mol. The highest BCUT2D eigenvalue weighted by Gasteiger charge is 2.38. The van der Waals surface area contributed by atoms with Crippen LogP contribution >= 0.6 is 0 Å². The molecule has 0 aliphatic rings. The number of rotatable bonds is 4.